The third-order valence-corrected chi connectivity index (χ3v) is 4.11. The molecule has 0 aliphatic heterocycles. The minimum Gasteiger partial charge on any atom is -0.346 e. The van der Waals surface area contributed by atoms with Gasteiger partial charge in [0.2, 0.25) is 11.7 Å². The number of nitro groups is 1. The summed E-state index contributed by atoms with van der Waals surface area (Å²) in [5, 5.41) is 23.0. The molecule has 140 valence electrons. The van der Waals surface area contributed by atoms with E-state index in [-0.39, 0.29) is 5.69 Å². The van der Waals surface area contributed by atoms with E-state index in [4.69, 9.17) is 5.26 Å². The molecule has 1 aromatic heterocycles. The average Bonchev–Trinajstić information content (AvgIpc) is 3.04. The topological polar surface area (TPSA) is 101 Å². The summed E-state index contributed by atoms with van der Waals surface area (Å²) in [7, 11) is 0. The summed E-state index contributed by atoms with van der Waals surface area (Å²) >= 11 is 0. The first-order valence-corrected chi connectivity index (χ1v) is 8.37. The van der Waals surface area contributed by atoms with Gasteiger partial charge in [0.25, 0.3) is 0 Å². The van der Waals surface area contributed by atoms with Crippen LogP contribution in [0.15, 0.2) is 54.7 Å². The number of hydrogen-bond acceptors (Lipinski definition) is 4. The zero-order chi connectivity index (χ0) is 20.1. The third-order valence-electron chi connectivity index (χ3n) is 4.11. The standard InChI is InChI=1S/C20H15FN4O3/c21-17-8-7-15(12-19(17)25(27)28)23-20(26)9-6-14-13-24(11-3-10-22)18-5-2-1-4-16(14)18/h1-2,4-9,12-13H,3,11H2,(H,23,26)/b9-6+. The fourth-order valence-electron chi connectivity index (χ4n) is 2.84. The molecule has 0 unspecified atom stereocenters. The van der Waals surface area contributed by atoms with Crippen molar-refractivity contribution in [2.45, 2.75) is 13.0 Å². The number of amides is 1. The smallest absolute Gasteiger partial charge is 0.306 e. The van der Waals surface area contributed by atoms with Crippen LogP contribution in [0.2, 0.25) is 0 Å². The summed E-state index contributed by atoms with van der Waals surface area (Å²) in [6, 6.07) is 12.9. The van der Waals surface area contributed by atoms with Gasteiger partial charge in [0, 0.05) is 47.0 Å². The number of aromatic nitrogens is 1. The van der Waals surface area contributed by atoms with Crippen LogP contribution in [0.1, 0.15) is 12.0 Å². The van der Waals surface area contributed by atoms with Gasteiger partial charge in [-0.05, 0) is 24.3 Å². The Kier molecular flexibility index (Phi) is 5.46. The van der Waals surface area contributed by atoms with Crippen molar-refractivity contribution >= 4 is 34.3 Å². The largest absolute Gasteiger partial charge is 0.346 e. The molecule has 28 heavy (non-hydrogen) atoms. The highest BCUT2D eigenvalue weighted by Crippen LogP contribution is 2.24. The molecule has 0 spiro atoms. The maximum atomic E-state index is 13.4. The van der Waals surface area contributed by atoms with Gasteiger partial charge in [0.1, 0.15) is 0 Å². The van der Waals surface area contributed by atoms with E-state index in [2.05, 4.69) is 11.4 Å². The number of rotatable bonds is 6. The molecule has 2 aromatic carbocycles. The lowest BCUT2D eigenvalue weighted by molar-refractivity contribution is -0.387. The molecule has 0 fully saturated rings. The van der Waals surface area contributed by atoms with Crippen LogP contribution in [0.25, 0.3) is 17.0 Å². The molecule has 3 rings (SSSR count). The minimum atomic E-state index is -0.969. The van der Waals surface area contributed by atoms with Crippen LogP contribution in [0.3, 0.4) is 0 Å². The van der Waals surface area contributed by atoms with Crippen molar-refractivity contribution in [3.05, 3.63) is 76.2 Å². The molecule has 8 heteroatoms. The fourth-order valence-corrected chi connectivity index (χ4v) is 2.84. The van der Waals surface area contributed by atoms with Crippen LogP contribution < -0.4 is 5.32 Å². The molecular weight excluding hydrogens is 363 g/mol. The Labute approximate surface area is 159 Å². The van der Waals surface area contributed by atoms with Crippen molar-refractivity contribution in [2.75, 3.05) is 5.32 Å². The van der Waals surface area contributed by atoms with E-state index in [9.17, 15) is 19.3 Å². The predicted molar refractivity (Wildman–Crippen MR) is 103 cm³/mol. The van der Waals surface area contributed by atoms with E-state index < -0.39 is 22.3 Å². The lowest BCUT2D eigenvalue weighted by Gasteiger charge is -2.02. The molecule has 1 N–H and O–H groups in total. The van der Waals surface area contributed by atoms with Crippen molar-refractivity contribution in [3.8, 4) is 6.07 Å². The highest BCUT2D eigenvalue weighted by atomic mass is 19.1. The minimum absolute atomic E-state index is 0.124. The number of fused-ring (bicyclic) bond motifs is 1. The summed E-state index contributed by atoms with van der Waals surface area (Å²) in [5.41, 5.74) is 1.17. The fraction of sp³-hybridized carbons (Fsp3) is 0.100. The summed E-state index contributed by atoms with van der Waals surface area (Å²) in [5.74, 6) is -1.47. The first-order valence-electron chi connectivity index (χ1n) is 8.37. The number of nitro benzene ring substituents is 1. The Morgan fingerprint density at radius 1 is 1.32 bits per heavy atom. The summed E-state index contributed by atoms with van der Waals surface area (Å²) in [4.78, 5) is 22.1. The zero-order valence-electron chi connectivity index (χ0n) is 14.6. The van der Waals surface area contributed by atoms with Gasteiger partial charge >= 0.3 is 5.69 Å². The maximum absolute atomic E-state index is 13.4. The second-order valence-corrected chi connectivity index (χ2v) is 5.95. The SMILES string of the molecule is N#CCCn1cc(/C=C/C(=O)Nc2ccc(F)c([N+](=O)[O-])c2)c2ccccc21. The van der Waals surface area contributed by atoms with Crippen molar-refractivity contribution in [1.82, 2.24) is 4.57 Å². The van der Waals surface area contributed by atoms with Gasteiger partial charge in [-0.1, -0.05) is 18.2 Å². The van der Waals surface area contributed by atoms with Gasteiger partial charge in [-0.2, -0.15) is 9.65 Å². The zero-order valence-corrected chi connectivity index (χ0v) is 14.6. The normalized spacial score (nSPS) is 10.9. The number of benzene rings is 2. The lowest BCUT2D eigenvalue weighted by Crippen LogP contribution is -2.08. The van der Waals surface area contributed by atoms with E-state index in [0.717, 1.165) is 28.6 Å². The monoisotopic (exact) mass is 378 g/mol. The Hall–Kier alpha value is -3.99. The third kappa shape index (κ3) is 4.04. The number of hydrogen-bond donors (Lipinski definition) is 1. The van der Waals surface area contributed by atoms with E-state index >= 15 is 0 Å². The van der Waals surface area contributed by atoms with E-state index in [0.29, 0.717) is 13.0 Å². The molecule has 0 bridgehead atoms. The van der Waals surface area contributed by atoms with Crippen LogP contribution in [-0.4, -0.2) is 15.4 Å². The molecule has 1 amide bonds. The second kappa shape index (κ2) is 8.14. The summed E-state index contributed by atoms with van der Waals surface area (Å²) in [6.07, 6.45) is 5.14. The van der Waals surface area contributed by atoms with Crippen molar-refractivity contribution in [2.24, 2.45) is 0 Å². The van der Waals surface area contributed by atoms with Crippen LogP contribution in [0, 0.1) is 27.3 Å². The summed E-state index contributed by atoms with van der Waals surface area (Å²) < 4.78 is 15.3. The molecule has 3 aromatic rings. The maximum Gasteiger partial charge on any atom is 0.306 e. The van der Waals surface area contributed by atoms with Gasteiger partial charge in [0.05, 0.1) is 17.4 Å². The van der Waals surface area contributed by atoms with Crippen molar-refractivity contribution < 1.29 is 14.1 Å². The number of anilines is 1. The van der Waals surface area contributed by atoms with Gasteiger partial charge in [-0.25, -0.2) is 0 Å². The highest BCUT2D eigenvalue weighted by Gasteiger charge is 2.15. The quantitative estimate of drug-likeness (QED) is 0.393. The Balaban J connectivity index is 1.80. The Morgan fingerprint density at radius 2 is 2.11 bits per heavy atom. The molecule has 0 saturated heterocycles. The number of nitrogens with one attached hydrogen (secondary N) is 1. The van der Waals surface area contributed by atoms with E-state index in [1.54, 1.807) is 6.08 Å². The van der Waals surface area contributed by atoms with Crippen LogP contribution in [0.4, 0.5) is 15.8 Å². The van der Waals surface area contributed by atoms with E-state index in [1.807, 2.05) is 35.0 Å². The number of carbonyl (C=O) groups excluding carboxylic acids is 1. The van der Waals surface area contributed by atoms with Gasteiger partial charge in [-0.15, -0.1) is 0 Å². The first-order chi connectivity index (χ1) is 13.5. The van der Waals surface area contributed by atoms with Crippen LogP contribution in [0.5, 0.6) is 0 Å². The van der Waals surface area contributed by atoms with Gasteiger partial charge in [0.15, 0.2) is 0 Å². The second-order valence-electron chi connectivity index (χ2n) is 5.95. The Bertz CT molecular complexity index is 1130. The summed E-state index contributed by atoms with van der Waals surface area (Å²) in [6.45, 7) is 0.538. The molecule has 0 saturated carbocycles. The number of para-hydroxylation sites is 1. The van der Waals surface area contributed by atoms with E-state index in [1.165, 1.54) is 12.1 Å². The molecule has 0 atom stereocenters. The van der Waals surface area contributed by atoms with Gasteiger partial charge in [-0.3, -0.25) is 14.9 Å². The van der Waals surface area contributed by atoms with Crippen LogP contribution in [-0.2, 0) is 11.3 Å². The number of aryl methyl sites for hydroxylation is 1. The lowest BCUT2D eigenvalue weighted by atomic mass is 10.1. The number of nitrogens with zero attached hydrogens (tertiary/aromatic N) is 3. The molecule has 0 aliphatic carbocycles. The number of carbonyl (C=O) groups is 1. The van der Waals surface area contributed by atoms with Crippen molar-refractivity contribution in [1.29, 1.82) is 5.26 Å². The molecule has 0 radical (unpaired) electrons. The predicted octanol–water partition coefficient (Wildman–Crippen LogP) is 4.25. The molecule has 1 heterocycles. The number of nitriles is 1. The van der Waals surface area contributed by atoms with Crippen molar-refractivity contribution in [3.63, 3.8) is 0 Å². The number of halogens is 1. The molecule has 7 nitrogen and oxygen atoms in total. The molecular formula is C20H15FN4O3. The molecule has 0 aliphatic rings. The first kappa shape index (κ1) is 18.8. The van der Waals surface area contributed by atoms with Crippen LogP contribution >= 0.6 is 0 Å². The Morgan fingerprint density at radius 3 is 2.86 bits per heavy atom. The van der Waals surface area contributed by atoms with Gasteiger partial charge < -0.3 is 9.88 Å². The highest BCUT2D eigenvalue weighted by molar-refractivity contribution is 6.03. The average molecular weight is 378 g/mol.